The molecule has 0 spiro atoms. The lowest BCUT2D eigenvalue weighted by Crippen LogP contribution is -2.05. The van der Waals surface area contributed by atoms with E-state index in [4.69, 9.17) is 0 Å². The van der Waals surface area contributed by atoms with Gasteiger partial charge in [-0.2, -0.15) is 0 Å². The van der Waals surface area contributed by atoms with Crippen molar-refractivity contribution in [3.63, 3.8) is 0 Å². The van der Waals surface area contributed by atoms with Gasteiger partial charge < -0.3 is 5.32 Å². The summed E-state index contributed by atoms with van der Waals surface area (Å²) < 4.78 is 1.16. The van der Waals surface area contributed by atoms with Crippen molar-refractivity contribution in [1.82, 2.24) is 4.98 Å². The highest BCUT2D eigenvalue weighted by Gasteiger charge is 2.11. The standard InChI is InChI=1S/C15H13BrN2S/c1-10(15-13(16)6-8-19-15)18-14-4-2-3-11-5-7-17-9-12(11)14/h2-10,18H,1H3. The number of halogens is 1. The van der Waals surface area contributed by atoms with Gasteiger partial charge in [-0.05, 0) is 51.8 Å². The number of nitrogens with zero attached hydrogens (tertiary/aromatic N) is 1. The fourth-order valence-corrected chi connectivity index (χ4v) is 3.88. The van der Waals surface area contributed by atoms with Crippen LogP contribution in [-0.4, -0.2) is 4.98 Å². The average molecular weight is 333 g/mol. The Hall–Kier alpha value is -1.39. The van der Waals surface area contributed by atoms with E-state index in [1.807, 2.05) is 18.5 Å². The topological polar surface area (TPSA) is 24.9 Å². The number of benzene rings is 1. The second-order valence-electron chi connectivity index (χ2n) is 4.40. The minimum atomic E-state index is 0.264. The third-order valence-electron chi connectivity index (χ3n) is 3.09. The van der Waals surface area contributed by atoms with E-state index in [-0.39, 0.29) is 6.04 Å². The number of pyridine rings is 1. The van der Waals surface area contributed by atoms with Crippen LogP contribution in [0.5, 0.6) is 0 Å². The highest BCUT2D eigenvalue weighted by atomic mass is 79.9. The Morgan fingerprint density at radius 2 is 2.16 bits per heavy atom. The molecule has 0 aliphatic rings. The number of hydrogen-bond acceptors (Lipinski definition) is 3. The molecule has 2 nitrogen and oxygen atoms in total. The molecule has 96 valence electrons. The van der Waals surface area contributed by atoms with Gasteiger partial charge in [-0.1, -0.05) is 12.1 Å². The molecule has 4 heteroatoms. The Labute approximate surface area is 124 Å². The zero-order valence-corrected chi connectivity index (χ0v) is 12.8. The molecule has 0 saturated carbocycles. The van der Waals surface area contributed by atoms with E-state index in [0.29, 0.717) is 0 Å². The van der Waals surface area contributed by atoms with E-state index in [1.165, 1.54) is 10.3 Å². The first-order valence-electron chi connectivity index (χ1n) is 6.08. The number of thiophene rings is 1. The number of hydrogen-bond donors (Lipinski definition) is 1. The van der Waals surface area contributed by atoms with E-state index < -0.39 is 0 Å². The Bertz CT molecular complexity index is 703. The molecule has 0 aliphatic heterocycles. The minimum Gasteiger partial charge on any atom is -0.377 e. The quantitative estimate of drug-likeness (QED) is 0.710. The van der Waals surface area contributed by atoms with E-state index in [1.54, 1.807) is 11.3 Å². The van der Waals surface area contributed by atoms with Crippen molar-refractivity contribution in [3.05, 3.63) is 57.5 Å². The summed E-state index contributed by atoms with van der Waals surface area (Å²) in [5, 5.41) is 8.03. The summed E-state index contributed by atoms with van der Waals surface area (Å²) in [7, 11) is 0. The molecule has 0 amide bonds. The van der Waals surface area contributed by atoms with Crippen molar-refractivity contribution in [2.75, 3.05) is 5.32 Å². The predicted octanol–water partition coefficient (Wildman–Crippen LogP) is 5.23. The maximum atomic E-state index is 4.21. The van der Waals surface area contributed by atoms with Crippen molar-refractivity contribution in [2.24, 2.45) is 0 Å². The molecule has 2 aromatic heterocycles. The molecule has 0 saturated heterocycles. The number of anilines is 1. The van der Waals surface area contributed by atoms with Gasteiger partial charge in [0.1, 0.15) is 0 Å². The predicted molar refractivity (Wildman–Crippen MR) is 85.8 cm³/mol. The van der Waals surface area contributed by atoms with Gasteiger partial charge in [-0.15, -0.1) is 11.3 Å². The van der Waals surface area contributed by atoms with Crippen molar-refractivity contribution < 1.29 is 0 Å². The zero-order chi connectivity index (χ0) is 13.2. The van der Waals surface area contributed by atoms with Crippen LogP contribution >= 0.6 is 27.3 Å². The van der Waals surface area contributed by atoms with Gasteiger partial charge in [0.05, 0.1) is 6.04 Å². The van der Waals surface area contributed by atoms with Gasteiger partial charge in [0, 0.05) is 32.8 Å². The normalized spacial score (nSPS) is 12.5. The van der Waals surface area contributed by atoms with Crippen LogP contribution in [0.1, 0.15) is 17.8 Å². The highest BCUT2D eigenvalue weighted by molar-refractivity contribution is 9.10. The summed E-state index contributed by atoms with van der Waals surface area (Å²) in [5.74, 6) is 0. The molecule has 3 aromatic rings. The Morgan fingerprint density at radius 1 is 1.26 bits per heavy atom. The summed E-state index contributed by atoms with van der Waals surface area (Å²) >= 11 is 5.35. The molecule has 1 aromatic carbocycles. The third-order valence-corrected chi connectivity index (χ3v) is 5.15. The molecule has 2 heterocycles. The van der Waals surface area contributed by atoms with Gasteiger partial charge in [0.15, 0.2) is 0 Å². The van der Waals surface area contributed by atoms with Crippen molar-refractivity contribution >= 4 is 43.7 Å². The summed E-state index contributed by atoms with van der Waals surface area (Å²) in [4.78, 5) is 5.52. The van der Waals surface area contributed by atoms with Crippen LogP contribution in [-0.2, 0) is 0 Å². The van der Waals surface area contributed by atoms with Gasteiger partial charge in [-0.25, -0.2) is 0 Å². The summed E-state index contributed by atoms with van der Waals surface area (Å²) in [6, 6.07) is 10.7. The van der Waals surface area contributed by atoms with Crippen LogP contribution in [0.25, 0.3) is 10.8 Å². The second kappa shape index (κ2) is 5.31. The first kappa shape index (κ1) is 12.6. The molecular formula is C15H13BrN2S. The monoisotopic (exact) mass is 332 g/mol. The summed E-state index contributed by atoms with van der Waals surface area (Å²) in [5.41, 5.74) is 1.12. The zero-order valence-electron chi connectivity index (χ0n) is 10.4. The molecule has 19 heavy (non-hydrogen) atoms. The fourth-order valence-electron chi connectivity index (χ4n) is 2.15. The molecule has 0 radical (unpaired) electrons. The van der Waals surface area contributed by atoms with Gasteiger partial charge in [0.2, 0.25) is 0 Å². The Kier molecular flexibility index (Phi) is 3.53. The molecule has 1 atom stereocenters. The molecule has 1 N–H and O–H groups in total. The van der Waals surface area contributed by atoms with Gasteiger partial charge >= 0.3 is 0 Å². The molecule has 1 unspecified atom stereocenters. The molecule has 3 rings (SSSR count). The maximum Gasteiger partial charge on any atom is 0.0590 e. The average Bonchev–Trinajstić information content (AvgIpc) is 2.85. The van der Waals surface area contributed by atoms with Gasteiger partial charge in [-0.3, -0.25) is 4.98 Å². The first-order chi connectivity index (χ1) is 9.25. The van der Waals surface area contributed by atoms with E-state index in [0.717, 1.165) is 15.5 Å². The Balaban J connectivity index is 1.96. The molecule has 0 bridgehead atoms. The summed E-state index contributed by atoms with van der Waals surface area (Å²) in [6.45, 7) is 2.17. The second-order valence-corrected chi connectivity index (χ2v) is 6.20. The lowest BCUT2D eigenvalue weighted by Gasteiger charge is -2.16. The van der Waals surface area contributed by atoms with Crippen LogP contribution in [0.4, 0.5) is 5.69 Å². The lowest BCUT2D eigenvalue weighted by molar-refractivity contribution is 0.905. The Morgan fingerprint density at radius 3 is 2.95 bits per heavy atom. The van der Waals surface area contributed by atoms with Crippen LogP contribution in [0, 0.1) is 0 Å². The largest absolute Gasteiger partial charge is 0.377 e. The number of rotatable bonds is 3. The van der Waals surface area contributed by atoms with Crippen molar-refractivity contribution in [2.45, 2.75) is 13.0 Å². The van der Waals surface area contributed by atoms with Crippen LogP contribution < -0.4 is 5.32 Å². The van der Waals surface area contributed by atoms with Crippen molar-refractivity contribution in [3.8, 4) is 0 Å². The fraction of sp³-hybridized carbons (Fsp3) is 0.133. The maximum absolute atomic E-state index is 4.21. The van der Waals surface area contributed by atoms with E-state index in [9.17, 15) is 0 Å². The number of aromatic nitrogens is 1. The van der Waals surface area contributed by atoms with Crippen LogP contribution in [0.3, 0.4) is 0 Å². The van der Waals surface area contributed by atoms with E-state index >= 15 is 0 Å². The molecular weight excluding hydrogens is 320 g/mol. The first-order valence-corrected chi connectivity index (χ1v) is 7.75. The third kappa shape index (κ3) is 2.51. The lowest BCUT2D eigenvalue weighted by atomic mass is 10.1. The van der Waals surface area contributed by atoms with Crippen molar-refractivity contribution in [1.29, 1.82) is 0 Å². The molecule has 0 fully saturated rings. The summed E-state index contributed by atoms with van der Waals surface area (Å²) in [6.07, 6.45) is 3.74. The minimum absolute atomic E-state index is 0.264. The van der Waals surface area contributed by atoms with Gasteiger partial charge in [0.25, 0.3) is 0 Å². The van der Waals surface area contributed by atoms with Crippen LogP contribution in [0.15, 0.2) is 52.6 Å². The smallest absolute Gasteiger partial charge is 0.0590 e. The van der Waals surface area contributed by atoms with Crippen LogP contribution in [0.2, 0.25) is 0 Å². The molecule has 0 aliphatic carbocycles. The number of nitrogens with one attached hydrogen (secondary N) is 1. The highest BCUT2D eigenvalue weighted by Crippen LogP contribution is 2.32. The van der Waals surface area contributed by atoms with E-state index in [2.05, 4.69) is 62.8 Å². The number of fused-ring (bicyclic) bond motifs is 1. The SMILES string of the molecule is CC(Nc1cccc2ccncc12)c1sccc1Br.